The second-order valence-electron chi connectivity index (χ2n) is 4.36. The third kappa shape index (κ3) is 3.82. The highest BCUT2D eigenvalue weighted by Gasteiger charge is 2.15. The number of hydrogen-bond acceptors (Lipinski definition) is 2. The fourth-order valence-electron chi connectivity index (χ4n) is 1.41. The van der Waals surface area contributed by atoms with Gasteiger partial charge in [-0.15, -0.1) is 0 Å². The van der Waals surface area contributed by atoms with Crippen LogP contribution in [-0.2, 0) is 11.2 Å². The van der Waals surface area contributed by atoms with Gasteiger partial charge >= 0.3 is 0 Å². The van der Waals surface area contributed by atoms with Gasteiger partial charge in [-0.05, 0) is 24.0 Å². The predicted octanol–water partition coefficient (Wildman–Crippen LogP) is 2.88. The normalized spacial score (nSPS) is 12.8. The monoisotopic (exact) mass is 205 g/mol. The molecule has 1 heterocycles. The second kappa shape index (κ2) is 5.64. The summed E-state index contributed by atoms with van der Waals surface area (Å²) in [5.41, 5.74) is 1.14. The first-order chi connectivity index (χ1) is 7.11. The van der Waals surface area contributed by atoms with Crippen LogP contribution >= 0.6 is 0 Å². The van der Waals surface area contributed by atoms with Crippen molar-refractivity contribution in [3.8, 4) is 0 Å². The molecule has 0 aromatic carbocycles. The van der Waals surface area contributed by atoms with E-state index < -0.39 is 0 Å². The molecule has 0 aliphatic carbocycles. The number of aromatic nitrogens is 1. The quantitative estimate of drug-likeness (QED) is 0.739. The number of ketones is 1. The lowest BCUT2D eigenvalue weighted by atomic mass is 9.90. The lowest BCUT2D eigenvalue weighted by molar-refractivity contribution is -0.123. The number of aryl methyl sites for hydroxylation is 1. The van der Waals surface area contributed by atoms with Crippen LogP contribution in [-0.4, -0.2) is 10.8 Å². The molecule has 82 valence electrons. The van der Waals surface area contributed by atoms with Crippen LogP contribution in [0.1, 0.15) is 32.8 Å². The summed E-state index contributed by atoms with van der Waals surface area (Å²) < 4.78 is 0. The van der Waals surface area contributed by atoms with Crippen molar-refractivity contribution in [1.29, 1.82) is 0 Å². The van der Waals surface area contributed by atoms with Crippen LogP contribution in [0.15, 0.2) is 24.5 Å². The molecule has 0 bridgehead atoms. The fraction of sp³-hybridized carbons (Fsp3) is 0.538. The molecule has 0 aliphatic heterocycles. The van der Waals surface area contributed by atoms with Gasteiger partial charge in [-0.1, -0.05) is 26.8 Å². The van der Waals surface area contributed by atoms with Crippen LogP contribution in [0.5, 0.6) is 0 Å². The van der Waals surface area contributed by atoms with Gasteiger partial charge in [0, 0.05) is 24.7 Å². The van der Waals surface area contributed by atoms with Gasteiger partial charge in [0.15, 0.2) is 0 Å². The Morgan fingerprint density at radius 3 is 2.67 bits per heavy atom. The van der Waals surface area contributed by atoms with Crippen LogP contribution in [0.4, 0.5) is 0 Å². The maximum absolute atomic E-state index is 11.7. The molecule has 1 aromatic heterocycles. The summed E-state index contributed by atoms with van der Waals surface area (Å²) in [6, 6.07) is 3.92. The largest absolute Gasteiger partial charge is 0.299 e. The summed E-state index contributed by atoms with van der Waals surface area (Å²) in [6.45, 7) is 6.19. The van der Waals surface area contributed by atoms with Crippen molar-refractivity contribution in [2.45, 2.75) is 33.6 Å². The molecule has 0 fully saturated rings. The lowest BCUT2D eigenvalue weighted by Crippen LogP contribution is -2.17. The van der Waals surface area contributed by atoms with Gasteiger partial charge in [-0.3, -0.25) is 9.78 Å². The molecule has 15 heavy (non-hydrogen) atoms. The highest BCUT2D eigenvalue weighted by molar-refractivity contribution is 5.81. The molecule has 0 aliphatic rings. The van der Waals surface area contributed by atoms with Gasteiger partial charge in [-0.2, -0.15) is 0 Å². The van der Waals surface area contributed by atoms with Crippen molar-refractivity contribution in [3.63, 3.8) is 0 Å². The summed E-state index contributed by atoms with van der Waals surface area (Å²) >= 11 is 0. The fourth-order valence-corrected chi connectivity index (χ4v) is 1.41. The Morgan fingerprint density at radius 2 is 2.13 bits per heavy atom. The van der Waals surface area contributed by atoms with Crippen molar-refractivity contribution in [2.75, 3.05) is 0 Å². The molecule has 1 aromatic rings. The summed E-state index contributed by atoms with van der Waals surface area (Å²) in [6.07, 6.45) is 5.02. The van der Waals surface area contributed by atoms with Gasteiger partial charge in [0.1, 0.15) is 5.78 Å². The molecule has 1 unspecified atom stereocenters. The third-order valence-corrected chi connectivity index (χ3v) is 2.89. The van der Waals surface area contributed by atoms with Crippen LogP contribution in [0.25, 0.3) is 0 Å². The minimum Gasteiger partial charge on any atom is -0.299 e. The van der Waals surface area contributed by atoms with Crippen molar-refractivity contribution in [3.05, 3.63) is 30.1 Å². The number of hydrogen-bond donors (Lipinski definition) is 0. The molecule has 1 rings (SSSR count). The third-order valence-electron chi connectivity index (χ3n) is 2.89. The van der Waals surface area contributed by atoms with Gasteiger partial charge in [0.05, 0.1) is 0 Å². The topological polar surface area (TPSA) is 30.0 Å². The predicted molar refractivity (Wildman–Crippen MR) is 61.6 cm³/mol. The number of Topliss-reactive ketones (excluding diaryl/α,β-unsaturated/α-hetero) is 1. The molecule has 0 amide bonds. The molecule has 0 saturated carbocycles. The number of carbonyl (C=O) groups is 1. The Kier molecular flexibility index (Phi) is 4.47. The zero-order valence-corrected chi connectivity index (χ0v) is 9.73. The minimum atomic E-state index is 0.168. The molecular formula is C13H19NO. The zero-order chi connectivity index (χ0) is 11.3. The Hall–Kier alpha value is -1.18. The standard InChI is InChI=1S/C13H19NO/c1-10(2)11(3)13(15)7-6-12-5-4-8-14-9-12/h4-5,8-11H,6-7H2,1-3H3. The highest BCUT2D eigenvalue weighted by Crippen LogP contribution is 2.14. The van der Waals surface area contributed by atoms with E-state index in [0.29, 0.717) is 18.1 Å². The van der Waals surface area contributed by atoms with E-state index in [0.717, 1.165) is 12.0 Å². The summed E-state index contributed by atoms with van der Waals surface area (Å²) in [5.74, 6) is 0.960. The van der Waals surface area contributed by atoms with Gasteiger partial charge < -0.3 is 0 Å². The molecule has 0 N–H and O–H groups in total. The van der Waals surface area contributed by atoms with E-state index in [1.807, 2.05) is 25.3 Å². The van der Waals surface area contributed by atoms with Crippen LogP contribution < -0.4 is 0 Å². The molecule has 0 radical (unpaired) electrons. The first-order valence-corrected chi connectivity index (χ1v) is 5.53. The van der Waals surface area contributed by atoms with E-state index in [9.17, 15) is 4.79 Å². The van der Waals surface area contributed by atoms with Crippen LogP contribution in [0.3, 0.4) is 0 Å². The number of nitrogens with zero attached hydrogens (tertiary/aromatic N) is 1. The van der Waals surface area contributed by atoms with E-state index in [-0.39, 0.29) is 5.92 Å². The SMILES string of the molecule is CC(C)C(C)C(=O)CCc1cccnc1. The highest BCUT2D eigenvalue weighted by atomic mass is 16.1. The van der Waals surface area contributed by atoms with Crippen LogP contribution in [0, 0.1) is 11.8 Å². The van der Waals surface area contributed by atoms with Crippen molar-refractivity contribution >= 4 is 5.78 Å². The number of pyridine rings is 1. The Balaban J connectivity index is 2.41. The lowest BCUT2D eigenvalue weighted by Gasteiger charge is -2.13. The Bertz CT molecular complexity index is 306. The molecule has 2 nitrogen and oxygen atoms in total. The maximum Gasteiger partial charge on any atom is 0.136 e. The van der Waals surface area contributed by atoms with Gasteiger partial charge in [0.25, 0.3) is 0 Å². The summed E-state index contributed by atoms with van der Waals surface area (Å²) in [4.78, 5) is 15.8. The van der Waals surface area contributed by atoms with Crippen molar-refractivity contribution in [2.24, 2.45) is 11.8 Å². The Morgan fingerprint density at radius 1 is 1.40 bits per heavy atom. The number of carbonyl (C=O) groups excluding carboxylic acids is 1. The molecule has 0 saturated heterocycles. The molecule has 0 spiro atoms. The average molecular weight is 205 g/mol. The maximum atomic E-state index is 11.7. The van der Waals surface area contributed by atoms with Gasteiger partial charge in [-0.25, -0.2) is 0 Å². The van der Waals surface area contributed by atoms with Crippen molar-refractivity contribution in [1.82, 2.24) is 4.98 Å². The van der Waals surface area contributed by atoms with E-state index in [1.165, 1.54) is 0 Å². The summed E-state index contributed by atoms with van der Waals surface area (Å²) in [7, 11) is 0. The van der Waals surface area contributed by atoms with E-state index in [2.05, 4.69) is 18.8 Å². The first-order valence-electron chi connectivity index (χ1n) is 5.53. The van der Waals surface area contributed by atoms with E-state index in [4.69, 9.17) is 0 Å². The average Bonchev–Trinajstić information content (AvgIpc) is 2.26. The molecule has 2 heteroatoms. The van der Waals surface area contributed by atoms with E-state index >= 15 is 0 Å². The molecular weight excluding hydrogens is 186 g/mol. The first kappa shape index (κ1) is 11.9. The smallest absolute Gasteiger partial charge is 0.136 e. The minimum absolute atomic E-state index is 0.168. The number of rotatable bonds is 5. The van der Waals surface area contributed by atoms with Gasteiger partial charge in [0.2, 0.25) is 0 Å². The molecule has 1 atom stereocenters. The Labute approximate surface area is 91.7 Å². The van der Waals surface area contributed by atoms with E-state index in [1.54, 1.807) is 6.20 Å². The summed E-state index contributed by atoms with van der Waals surface area (Å²) in [5, 5.41) is 0. The van der Waals surface area contributed by atoms with Crippen molar-refractivity contribution < 1.29 is 4.79 Å². The zero-order valence-electron chi connectivity index (χ0n) is 9.73. The second-order valence-corrected chi connectivity index (χ2v) is 4.36. The van der Waals surface area contributed by atoms with Crippen LogP contribution in [0.2, 0.25) is 0 Å².